The van der Waals surface area contributed by atoms with Gasteiger partial charge in [0.25, 0.3) is 0 Å². The largest absolute Gasteiger partial charge is 0.301 e. The zero-order chi connectivity index (χ0) is 13.5. The Morgan fingerprint density at radius 1 is 1.20 bits per heavy atom. The zero-order valence-corrected chi connectivity index (χ0v) is 11.2. The van der Waals surface area contributed by atoms with Crippen LogP contribution in [-0.2, 0) is 0 Å². The summed E-state index contributed by atoms with van der Waals surface area (Å²) in [5, 5.41) is 8.50. The molecule has 1 aromatic carbocycles. The quantitative estimate of drug-likeness (QED) is 0.841. The van der Waals surface area contributed by atoms with Crippen LogP contribution in [0.15, 0.2) is 30.5 Å². The molecule has 3 saturated heterocycles. The van der Waals surface area contributed by atoms with E-state index in [0.29, 0.717) is 12.0 Å². The van der Waals surface area contributed by atoms with Crippen molar-refractivity contribution in [2.75, 3.05) is 19.6 Å². The topological polar surface area (TPSA) is 34.0 Å². The molecule has 3 fully saturated rings. The van der Waals surface area contributed by atoms with Gasteiger partial charge in [0.1, 0.15) is 11.5 Å². The monoisotopic (exact) mass is 272 g/mol. The average Bonchev–Trinajstić information content (AvgIpc) is 2.98. The summed E-state index contributed by atoms with van der Waals surface area (Å²) in [5.74, 6) is 0.474. The van der Waals surface area contributed by atoms with Gasteiger partial charge in [0, 0.05) is 12.1 Å². The average molecular weight is 272 g/mol. The van der Waals surface area contributed by atoms with Crippen molar-refractivity contribution in [1.29, 1.82) is 0 Å². The highest BCUT2D eigenvalue weighted by atomic mass is 19.1. The molecule has 0 N–H and O–H groups in total. The number of rotatable bonds is 2. The summed E-state index contributed by atoms with van der Waals surface area (Å²) in [6, 6.07) is 6.95. The molecule has 0 unspecified atom stereocenters. The van der Waals surface area contributed by atoms with Gasteiger partial charge < -0.3 is 4.90 Å². The standard InChI is InChI=1S/C15H17FN4/c16-13-3-1-2-12(8-13)14-9-20(18-17-14)15-10-19-6-4-11(15)5-7-19/h1-3,8-9,11,15H,4-7,10H2/t15-/m1/s1. The van der Waals surface area contributed by atoms with Crippen molar-refractivity contribution < 1.29 is 4.39 Å². The SMILES string of the molecule is Fc1cccc(-c2cn([C@@H]3CN4CCC3CC4)nn2)c1. The van der Waals surface area contributed by atoms with Crippen LogP contribution >= 0.6 is 0 Å². The zero-order valence-electron chi connectivity index (χ0n) is 11.2. The molecule has 3 aliphatic heterocycles. The van der Waals surface area contributed by atoms with E-state index in [4.69, 9.17) is 0 Å². The van der Waals surface area contributed by atoms with Crippen LogP contribution in [0.25, 0.3) is 11.3 Å². The van der Waals surface area contributed by atoms with Gasteiger partial charge in [-0.15, -0.1) is 5.10 Å². The molecule has 4 heterocycles. The van der Waals surface area contributed by atoms with Crippen molar-refractivity contribution in [1.82, 2.24) is 19.9 Å². The first-order valence-corrected chi connectivity index (χ1v) is 7.20. The van der Waals surface area contributed by atoms with Gasteiger partial charge >= 0.3 is 0 Å². The Labute approximate surface area is 117 Å². The van der Waals surface area contributed by atoms with Crippen LogP contribution < -0.4 is 0 Å². The first-order chi connectivity index (χ1) is 9.79. The number of hydrogen-bond acceptors (Lipinski definition) is 3. The summed E-state index contributed by atoms with van der Waals surface area (Å²) in [6.45, 7) is 3.50. The minimum Gasteiger partial charge on any atom is -0.301 e. The molecule has 5 rings (SSSR count). The van der Waals surface area contributed by atoms with Crippen molar-refractivity contribution >= 4 is 0 Å². The molecule has 4 nitrogen and oxygen atoms in total. The molecule has 2 bridgehead atoms. The Morgan fingerprint density at radius 2 is 2.05 bits per heavy atom. The molecule has 104 valence electrons. The van der Waals surface area contributed by atoms with Gasteiger partial charge in [0.15, 0.2) is 0 Å². The highest BCUT2D eigenvalue weighted by Gasteiger charge is 2.35. The summed E-state index contributed by atoms with van der Waals surface area (Å²) in [6.07, 6.45) is 4.46. The van der Waals surface area contributed by atoms with Gasteiger partial charge in [0.05, 0.1) is 12.2 Å². The number of fused-ring (bicyclic) bond motifs is 3. The fraction of sp³-hybridized carbons (Fsp3) is 0.467. The Bertz CT molecular complexity index is 616. The highest BCUT2D eigenvalue weighted by molar-refractivity contribution is 5.57. The molecular formula is C15H17FN4. The molecular weight excluding hydrogens is 255 g/mol. The molecule has 0 amide bonds. The van der Waals surface area contributed by atoms with Crippen molar-refractivity contribution in [2.45, 2.75) is 18.9 Å². The summed E-state index contributed by atoms with van der Waals surface area (Å²) in [4.78, 5) is 2.49. The highest BCUT2D eigenvalue weighted by Crippen LogP contribution is 2.35. The van der Waals surface area contributed by atoms with Gasteiger partial charge in [-0.05, 0) is 44.0 Å². The van der Waals surface area contributed by atoms with E-state index in [-0.39, 0.29) is 5.82 Å². The van der Waals surface area contributed by atoms with Crippen LogP contribution in [0.4, 0.5) is 4.39 Å². The minimum absolute atomic E-state index is 0.236. The minimum atomic E-state index is -0.236. The second kappa shape index (κ2) is 4.66. The first kappa shape index (κ1) is 12.0. The summed E-state index contributed by atoms with van der Waals surface area (Å²) < 4.78 is 15.3. The normalized spacial score (nSPS) is 28.8. The van der Waals surface area contributed by atoms with E-state index in [1.807, 2.05) is 16.9 Å². The van der Waals surface area contributed by atoms with Crippen LogP contribution in [0.5, 0.6) is 0 Å². The Kier molecular flexibility index (Phi) is 2.80. The maximum absolute atomic E-state index is 13.3. The Balaban J connectivity index is 1.62. The molecule has 0 saturated carbocycles. The molecule has 2 aromatic rings. The van der Waals surface area contributed by atoms with Gasteiger partial charge in [0.2, 0.25) is 0 Å². The predicted molar refractivity (Wildman–Crippen MR) is 73.6 cm³/mol. The van der Waals surface area contributed by atoms with Crippen molar-refractivity contribution in [2.24, 2.45) is 5.92 Å². The summed E-state index contributed by atoms with van der Waals surface area (Å²) in [7, 11) is 0. The fourth-order valence-corrected chi connectivity index (χ4v) is 3.45. The lowest BCUT2D eigenvalue weighted by molar-refractivity contribution is 0.0504. The lowest BCUT2D eigenvalue weighted by Gasteiger charge is -2.44. The van der Waals surface area contributed by atoms with E-state index in [1.165, 1.54) is 38.1 Å². The van der Waals surface area contributed by atoms with Crippen LogP contribution in [0.3, 0.4) is 0 Å². The van der Waals surface area contributed by atoms with Crippen molar-refractivity contribution in [3.63, 3.8) is 0 Å². The molecule has 20 heavy (non-hydrogen) atoms. The van der Waals surface area contributed by atoms with E-state index in [2.05, 4.69) is 15.2 Å². The maximum Gasteiger partial charge on any atom is 0.123 e. The molecule has 0 spiro atoms. The van der Waals surface area contributed by atoms with Crippen LogP contribution in [0.2, 0.25) is 0 Å². The summed E-state index contributed by atoms with van der Waals surface area (Å²) >= 11 is 0. The van der Waals surface area contributed by atoms with Gasteiger partial charge in [-0.25, -0.2) is 9.07 Å². The lowest BCUT2D eigenvalue weighted by atomic mass is 9.84. The smallest absolute Gasteiger partial charge is 0.123 e. The van der Waals surface area contributed by atoms with E-state index >= 15 is 0 Å². The number of halogens is 1. The van der Waals surface area contributed by atoms with Gasteiger partial charge in [-0.3, -0.25) is 0 Å². The van der Waals surface area contributed by atoms with Crippen molar-refractivity contribution in [3.05, 3.63) is 36.3 Å². The van der Waals surface area contributed by atoms with Crippen molar-refractivity contribution in [3.8, 4) is 11.3 Å². The second-order valence-electron chi connectivity index (χ2n) is 5.80. The third-order valence-electron chi connectivity index (χ3n) is 4.59. The molecule has 0 aliphatic carbocycles. The van der Waals surface area contributed by atoms with Gasteiger partial charge in [-0.2, -0.15) is 0 Å². The van der Waals surface area contributed by atoms with E-state index in [0.717, 1.165) is 17.8 Å². The Hall–Kier alpha value is -1.75. The molecule has 1 aromatic heterocycles. The lowest BCUT2D eigenvalue weighted by Crippen LogP contribution is -2.48. The van der Waals surface area contributed by atoms with E-state index in [9.17, 15) is 4.39 Å². The molecule has 5 heteroatoms. The van der Waals surface area contributed by atoms with E-state index in [1.54, 1.807) is 6.07 Å². The number of hydrogen-bond donors (Lipinski definition) is 0. The fourth-order valence-electron chi connectivity index (χ4n) is 3.45. The van der Waals surface area contributed by atoms with Crippen LogP contribution in [0.1, 0.15) is 18.9 Å². The molecule has 0 radical (unpaired) electrons. The number of benzene rings is 1. The van der Waals surface area contributed by atoms with Gasteiger partial charge in [-0.1, -0.05) is 17.3 Å². The Morgan fingerprint density at radius 3 is 2.75 bits per heavy atom. The third-order valence-corrected chi connectivity index (χ3v) is 4.59. The molecule has 1 atom stereocenters. The summed E-state index contributed by atoms with van der Waals surface area (Å²) in [5.41, 5.74) is 1.54. The second-order valence-corrected chi connectivity index (χ2v) is 5.80. The first-order valence-electron chi connectivity index (χ1n) is 7.20. The third kappa shape index (κ3) is 2.02. The maximum atomic E-state index is 13.3. The number of nitrogens with zero attached hydrogens (tertiary/aromatic N) is 4. The van der Waals surface area contributed by atoms with Crippen LogP contribution in [-0.4, -0.2) is 39.5 Å². The predicted octanol–water partition coefficient (Wildman–Crippen LogP) is 2.35. The van der Waals surface area contributed by atoms with E-state index < -0.39 is 0 Å². The number of aromatic nitrogens is 3. The van der Waals surface area contributed by atoms with Crippen LogP contribution in [0, 0.1) is 11.7 Å². The number of piperidine rings is 3. The molecule has 3 aliphatic rings.